The quantitative estimate of drug-likeness (QED) is 0.579. The topological polar surface area (TPSA) is 49.3 Å². The summed E-state index contributed by atoms with van der Waals surface area (Å²) < 4.78 is 0. The molecule has 0 aliphatic rings. The summed E-state index contributed by atoms with van der Waals surface area (Å²) in [5.41, 5.74) is 0. The molecule has 0 spiro atoms. The molecule has 0 bridgehead atoms. The zero-order chi connectivity index (χ0) is 8.41. The van der Waals surface area contributed by atoms with Crippen molar-refractivity contribution in [3.05, 3.63) is 12.7 Å². The van der Waals surface area contributed by atoms with Gasteiger partial charge in [-0.05, 0) is 20.0 Å². The number of carboxylic acid groups (broad SMARTS) is 1. The van der Waals surface area contributed by atoms with Gasteiger partial charge in [0.15, 0.2) is 0 Å². The van der Waals surface area contributed by atoms with Crippen LogP contribution in [0.25, 0.3) is 0 Å². The number of hydrogen-bond donors (Lipinski definition) is 2. The van der Waals surface area contributed by atoms with Gasteiger partial charge in [0.05, 0.1) is 0 Å². The van der Waals surface area contributed by atoms with Gasteiger partial charge in [-0.1, -0.05) is 13.5 Å². The third-order valence-electron chi connectivity index (χ3n) is 0.675. The standard InChI is InChI=1S/C4H11N.C3H4O2/c1-3-4-5-2;1-2-3(4)5/h5H,3-4H2,1-2H3;2H,1H2,(H,4,5). The van der Waals surface area contributed by atoms with Crippen LogP contribution in [-0.2, 0) is 4.79 Å². The molecule has 0 atom stereocenters. The smallest absolute Gasteiger partial charge is 0.327 e. The van der Waals surface area contributed by atoms with Gasteiger partial charge in [0.25, 0.3) is 0 Å². The predicted molar refractivity (Wildman–Crippen MR) is 42.1 cm³/mol. The average molecular weight is 145 g/mol. The van der Waals surface area contributed by atoms with Crippen molar-refractivity contribution in [3.8, 4) is 0 Å². The van der Waals surface area contributed by atoms with E-state index in [1.165, 1.54) is 6.42 Å². The number of carbonyl (C=O) groups is 1. The Morgan fingerprint density at radius 1 is 1.80 bits per heavy atom. The molecule has 0 fully saturated rings. The van der Waals surface area contributed by atoms with Gasteiger partial charge in [0, 0.05) is 6.08 Å². The van der Waals surface area contributed by atoms with Crippen LogP contribution in [0.4, 0.5) is 0 Å². The molecule has 3 nitrogen and oxygen atoms in total. The summed E-state index contributed by atoms with van der Waals surface area (Å²) in [6, 6.07) is 0. The highest BCUT2D eigenvalue weighted by atomic mass is 16.4. The van der Waals surface area contributed by atoms with Gasteiger partial charge in [0.2, 0.25) is 0 Å². The molecule has 60 valence electrons. The van der Waals surface area contributed by atoms with Crippen LogP contribution in [0.1, 0.15) is 13.3 Å². The number of nitrogens with one attached hydrogen (secondary N) is 1. The van der Waals surface area contributed by atoms with E-state index in [9.17, 15) is 4.79 Å². The molecule has 0 saturated carbocycles. The van der Waals surface area contributed by atoms with Crippen LogP contribution in [-0.4, -0.2) is 24.7 Å². The average Bonchev–Trinajstić information content (AvgIpc) is 1.91. The fourth-order valence-corrected chi connectivity index (χ4v) is 0.250. The summed E-state index contributed by atoms with van der Waals surface area (Å²) in [6.45, 7) is 6.25. The minimum absolute atomic E-state index is 0.833. The monoisotopic (exact) mass is 145 g/mol. The largest absolute Gasteiger partial charge is 0.478 e. The van der Waals surface area contributed by atoms with Gasteiger partial charge in [-0.2, -0.15) is 0 Å². The minimum atomic E-state index is -0.981. The van der Waals surface area contributed by atoms with Crippen molar-refractivity contribution in [1.82, 2.24) is 5.32 Å². The van der Waals surface area contributed by atoms with E-state index in [-0.39, 0.29) is 0 Å². The molecule has 0 unspecified atom stereocenters. The van der Waals surface area contributed by atoms with E-state index in [2.05, 4.69) is 18.8 Å². The number of aliphatic carboxylic acids is 1. The molecule has 10 heavy (non-hydrogen) atoms. The van der Waals surface area contributed by atoms with E-state index in [0.717, 1.165) is 12.6 Å². The Morgan fingerprint density at radius 3 is 2.20 bits per heavy atom. The van der Waals surface area contributed by atoms with Crippen molar-refractivity contribution in [3.63, 3.8) is 0 Å². The Hall–Kier alpha value is -0.830. The van der Waals surface area contributed by atoms with Gasteiger partial charge in [-0.25, -0.2) is 4.79 Å². The molecule has 0 saturated heterocycles. The fraction of sp³-hybridized carbons (Fsp3) is 0.571. The van der Waals surface area contributed by atoms with E-state index >= 15 is 0 Å². The molecule has 2 N–H and O–H groups in total. The zero-order valence-corrected chi connectivity index (χ0v) is 6.55. The first-order valence-corrected chi connectivity index (χ1v) is 3.19. The molecule has 0 aliphatic carbocycles. The molecule has 0 aromatic carbocycles. The van der Waals surface area contributed by atoms with Crippen molar-refractivity contribution in [2.24, 2.45) is 0 Å². The van der Waals surface area contributed by atoms with Crippen LogP contribution < -0.4 is 5.32 Å². The first-order valence-electron chi connectivity index (χ1n) is 3.19. The van der Waals surface area contributed by atoms with Gasteiger partial charge >= 0.3 is 5.97 Å². The molecule has 0 aromatic rings. The van der Waals surface area contributed by atoms with Crippen molar-refractivity contribution in [2.75, 3.05) is 13.6 Å². The van der Waals surface area contributed by atoms with Crippen molar-refractivity contribution < 1.29 is 9.90 Å². The molecular weight excluding hydrogens is 130 g/mol. The van der Waals surface area contributed by atoms with E-state index in [1.807, 2.05) is 7.05 Å². The molecule has 3 heteroatoms. The lowest BCUT2D eigenvalue weighted by molar-refractivity contribution is -0.131. The van der Waals surface area contributed by atoms with Crippen LogP contribution in [0.2, 0.25) is 0 Å². The molecule has 0 aliphatic heterocycles. The lowest BCUT2D eigenvalue weighted by Gasteiger charge is -1.84. The minimum Gasteiger partial charge on any atom is -0.478 e. The number of carboxylic acids is 1. The third kappa shape index (κ3) is 27.2. The van der Waals surface area contributed by atoms with E-state index < -0.39 is 5.97 Å². The first kappa shape index (κ1) is 11.9. The zero-order valence-electron chi connectivity index (χ0n) is 6.55. The lowest BCUT2D eigenvalue weighted by atomic mass is 10.5. The highest BCUT2D eigenvalue weighted by Crippen LogP contribution is 1.62. The summed E-state index contributed by atoms with van der Waals surface area (Å²) in [6.07, 6.45) is 2.07. The summed E-state index contributed by atoms with van der Waals surface area (Å²) in [5, 5.41) is 10.6. The highest BCUT2D eigenvalue weighted by Gasteiger charge is 1.73. The normalized spacial score (nSPS) is 7.40. The SMILES string of the molecule is C=CC(=O)O.CCCNC. The second kappa shape index (κ2) is 11.0. The van der Waals surface area contributed by atoms with Gasteiger partial charge in [-0.3, -0.25) is 0 Å². The van der Waals surface area contributed by atoms with E-state index in [1.54, 1.807) is 0 Å². The fourth-order valence-electron chi connectivity index (χ4n) is 0.250. The number of rotatable bonds is 3. The van der Waals surface area contributed by atoms with Crippen LogP contribution in [0, 0.1) is 0 Å². The summed E-state index contributed by atoms with van der Waals surface area (Å²) in [5.74, 6) is -0.981. The molecular formula is C7H15NO2. The first-order chi connectivity index (χ1) is 4.68. The second-order valence-electron chi connectivity index (χ2n) is 1.65. The van der Waals surface area contributed by atoms with Crippen LogP contribution >= 0.6 is 0 Å². The summed E-state index contributed by atoms with van der Waals surface area (Å²) in [7, 11) is 1.96. The van der Waals surface area contributed by atoms with Crippen LogP contribution in [0.5, 0.6) is 0 Å². The van der Waals surface area contributed by atoms with E-state index in [4.69, 9.17) is 5.11 Å². The maximum Gasteiger partial charge on any atom is 0.327 e. The lowest BCUT2D eigenvalue weighted by Crippen LogP contribution is -2.04. The summed E-state index contributed by atoms with van der Waals surface area (Å²) in [4.78, 5) is 9.25. The Morgan fingerprint density at radius 2 is 2.20 bits per heavy atom. The molecule has 0 radical (unpaired) electrons. The molecule has 0 rings (SSSR count). The second-order valence-corrected chi connectivity index (χ2v) is 1.65. The Balaban J connectivity index is 0. The van der Waals surface area contributed by atoms with Crippen molar-refractivity contribution in [2.45, 2.75) is 13.3 Å². The van der Waals surface area contributed by atoms with Gasteiger partial charge in [-0.15, -0.1) is 0 Å². The Bertz CT molecular complexity index is 89.6. The maximum atomic E-state index is 9.25. The van der Waals surface area contributed by atoms with E-state index in [0.29, 0.717) is 0 Å². The predicted octanol–water partition coefficient (Wildman–Crippen LogP) is 0.873. The van der Waals surface area contributed by atoms with Crippen molar-refractivity contribution >= 4 is 5.97 Å². The third-order valence-corrected chi connectivity index (χ3v) is 0.675. The summed E-state index contributed by atoms with van der Waals surface area (Å²) >= 11 is 0. The molecule has 0 aromatic heterocycles. The maximum absolute atomic E-state index is 9.25. The highest BCUT2D eigenvalue weighted by molar-refractivity contribution is 5.78. The van der Waals surface area contributed by atoms with Crippen molar-refractivity contribution in [1.29, 1.82) is 0 Å². The number of hydrogen-bond acceptors (Lipinski definition) is 2. The Labute approximate surface area is 61.8 Å². The van der Waals surface area contributed by atoms with Gasteiger partial charge in [0.1, 0.15) is 0 Å². The Kier molecular flexibility index (Phi) is 13.1. The van der Waals surface area contributed by atoms with Crippen LogP contribution in [0.3, 0.4) is 0 Å². The van der Waals surface area contributed by atoms with Gasteiger partial charge < -0.3 is 10.4 Å². The molecule has 0 amide bonds. The van der Waals surface area contributed by atoms with Crippen LogP contribution in [0.15, 0.2) is 12.7 Å². The molecule has 0 heterocycles.